The third kappa shape index (κ3) is 6.41. The number of fused-ring (bicyclic) bond motifs is 4. The van der Waals surface area contributed by atoms with Crippen LogP contribution in [0.25, 0.3) is 88.3 Å². The molecule has 11 aromatic rings. The second-order valence-corrected chi connectivity index (χ2v) is 15.3. The molecule has 2 nitrogen and oxygen atoms in total. The van der Waals surface area contributed by atoms with Crippen LogP contribution in [-0.4, -0.2) is 0 Å². The molecule has 60 heavy (non-hydrogen) atoms. The van der Waals surface area contributed by atoms with Gasteiger partial charge in [-0.2, -0.15) is 0 Å². The van der Waals surface area contributed by atoms with Gasteiger partial charge in [0, 0.05) is 33.3 Å². The molecule has 0 unspecified atom stereocenters. The molecule has 0 atom stereocenters. The smallest absolute Gasteiger partial charge is 0.143 e. The molecule has 0 aliphatic rings. The van der Waals surface area contributed by atoms with Crippen molar-refractivity contribution in [1.82, 2.24) is 0 Å². The maximum absolute atomic E-state index is 6.60. The molecule has 282 valence electrons. The van der Waals surface area contributed by atoms with Gasteiger partial charge in [-0.05, 0) is 97.7 Å². The number of nitrogens with zero attached hydrogens (tertiary/aromatic N) is 1. The highest BCUT2D eigenvalue weighted by Crippen LogP contribution is 2.45. The lowest BCUT2D eigenvalue weighted by molar-refractivity contribution is 0.670. The molecule has 0 aliphatic heterocycles. The average Bonchev–Trinajstić information content (AvgIpc) is 3.72. The molecule has 0 fully saturated rings. The molecule has 0 bridgehead atoms. The molecule has 0 radical (unpaired) electrons. The lowest BCUT2D eigenvalue weighted by atomic mass is 9.93. The summed E-state index contributed by atoms with van der Waals surface area (Å²) in [5.74, 6) is 0. The minimum Gasteiger partial charge on any atom is -0.455 e. The fraction of sp³-hybridized carbons (Fsp3) is 0. The quantitative estimate of drug-likeness (QED) is 0.153. The van der Waals surface area contributed by atoms with E-state index in [4.69, 9.17) is 4.42 Å². The van der Waals surface area contributed by atoms with Crippen molar-refractivity contribution in [2.24, 2.45) is 0 Å². The first kappa shape index (κ1) is 35.2. The zero-order valence-electron chi connectivity index (χ0n) is 32.9. The van der Waals surface area contributed by atoms with Crippen LogP contribution >= 0.6 is 0 Å². The summed E-state index contributed by atoms with van der Waals surface area (Å²) < 4.78 is 6.60. The Morgan fingerprint density at radius 2 is 0.767 bits per heavy atom. The largest absolute Gasteiger partial charge is 0.455 e. The van der Waals surface area contributed by atoms with Gasteiger partial charge in [-0.15, -0.1) is 0 Å². The van der Waals surface area contributed by atoms with Gasteiger partial charge in [0.2, 0.25) is 0 Å². The van der Waals surface area contributed by atoms with Crippen molar-refractivity contribution in [1.29, 1.82) is 0 Å². The average molecular weight is 766 g/mol. The number of rotatable bonds is 8. The molecule has 0 saturated heterocycles. The predicted octanol–water partition coefficient (Wildman–Crippen LogP) is 16.5. The van der Waals surface area contributed by atoms with Gasteiger partial charge < -0.3 is 9.32 Å². The number of benzene rings is 10. The summed E-state index contributed by atoms with van der Waals surface area (Å²) in [6, 6.07) is 84.8. The summed E-state index contributed by atoms with van der Waals surface area (Å²) in [4.78, 5) is 2.37. The summed E-state index contributed by atoms with van der Waals surface area (Å²) in [5.41, 5.74) is 16.7. The maximum atomic E-state index is 6.60. The zero-order chi connectivity index (χ0) is 39.8. The minimum atomic E-state index is 0.890. The van der Waals surface area contributed by atoms with Gasteiger partial charge in [-0.3, -0.25) is 0 Å². The van der Waals surface area contributed by atoms with E-state index in [0.717, 1.165) is 55.7 Å². The summed E-state index contributed by atoms with van der Waals surface area (Å²) >= 11 is 0. The van der Waals surface area contributed by atoms with E-state index >= 15 is 0 Å². The summed E-state index contributed by atoms with van der Waals surface area (Å²) in [5, 5.41) is 4.72. The maximum Gasteiger partial charge on any atom is 0.143 e. The molecular weight excluding hydrogens is 727 g/mol. The molecule has 0 spiro atoms. The Morgan fingerprint density at radius 3 is 1.48 bits per heavy atom. The first-order valence-corrected chi connectivity index (χ1v) is 20.5. The molecule has 10 aromatic carbocycles. The van der Waals surface area contributed by atoms with E-state index in [2.05, 4.69) is 229 Å². The van der Waals surface area contributed by atoms with Crippen LogP contribution in [-0.2, 0) is 0 Å². The van der Waals surface area contributed by atoms with Crippen LogP contribution in [0.1, 0.15) is 0 Å². The fourth-order valence-electron chi connectivity index (χ4n) is 8.71. The highest BCUT2D eigenvalue weighted by Gasteiger charge is 2.21. The van der Waals surface area contributed by atoms with E-state index in [1.54, 1.807) is 0 Å². The highest BCUT2D eigenvalue weighted by atomic mass is 16.3. The van der Waals surface area contributed by atoms with Gasteiger partial charge in [0.05, 0.1) is 5.69 Å². The van der Waals surface area contributed by atoms with E-state index in [1.807, 2.05) is 12.1 Å². The molecule has 0 amide bonds. The Hall–Kier alpha value is -7.94. The van der Waals surface area contributed by atoms with Crippen LogP contribution in [0.4, 0.5) is 17.1 Å². The van der Waals surface area contributed by atoms with Crippen LogP contribution in [0.3, 0.4) is 0 Å². The third-order valence-electron chi connectivity index (χ3n) is 11.7. The van der Waals surface area contributed by atoms with Crippen LogP contribution in [0, 0.1) is 0 Å². The number of furan rings is 1. The molecule has 0 saturated carbocycles. The van der Waals surface area contributed by atoms with Crippen LogP contribution in [0.2, 0.25) is 0 Å². The second-order valence-electron chi connectivity index (χ2n) is 15.3. The monoisotopic (exact) mass is 765 g/mol. The molecule has 2 heteroatoms. The van der Waals surface area contributed by atoms with Crippen molar-refractivity contribution < 1.29 is 4.42 Å². The molecule has 0 N–H and O–H groups in total. The van der Waals surface area contributed by atoms with Gasteiger partial charge in [-0.25, -0.2) is 0 Å². The Kier molecular flexibility index (Phi) is 8.87. The predicted molar refractivity (Wildman–Crippen MR) is 253 cm³/mol. The minimum absolute atomic E-state index is 0.890. The van der Waals surface area contributed by atoms with Gasteiger partial charge in [0.15, 0.2) is 0 Å². The standard InChI is InChI=1S/C58H39NO/c1-2-13-40(14-3-1)42-25-27-43(28-26-42)44-31-35-48(36-32-44)59(56-23-10-8-19-52(56)54-21-12-22-55-53-20-9-11-24-57(53)60-58(54)55)49-37-33-45(34-38-49)50-17-6-7-18-51(50)47-30-29-41-15-4-5-16-46(41)39-47/h1-39H. The fourth-order valence-corrected chi connectivity index (χ4v) is 8.71. The number of anilines is 3. The van der Waals surface area contributed by atoms with Crippen molar-refractivity contribution >= 4 is 49.8 Å². The number of hydrogen-bond donors (Lipinski definition) is 0. The third-order valence-corrected chi connectivity index (χ3v) is 11.7. The Balaban J connectivity index is 1.02. The Morgan fingerprint density at radius 1 is 0.283 bits per heavy atom. The summed E-state index contributed by atoms with van der Waals surface area (Å²) in [6.45, 7) is 0. The van der Waals surface area contributed by atoms with Crippen molar-refractivity contribution in [3.8, 4) is 55.6 Å². The SMILES string of the molecule is c1ccc(-c2ccc(-c3ccc(N(c4ccc(-c5ccccc5-c5ccc6ccccc6c5)cc4)c4ccccc4-c4cccc5c4oc4ccccc45)cc3)cc2)cc1. The van der Waals surface area contributed by atoms with E-state index < -0.39 is 0 Å². The second kappa shape index (κ2) is 15.1. The van der Waals surface area contributed by atoms with E-state index in [-0.39, 0.29) is 0 Å². The molecule has 1 heterocycles. The number of para-hydroxylation sites is 3. The van der Waals surface area contributed by atoms with Crippen molar-refractivity contribution in [3.63, 3.8) is 0 Å². The van der Waals surface area contributed by atoms with Crippen LogP contribution in [0.15, 0.2) is 241 Å². The van der Waals surface area contributed by atoms with Gasteiger partial charge >= 0.3 is 0 Å². The molecular formula is C58H39NO. The molecule has 0 aliphatic carbocycles. The lowest BCUT2D eigenvalue weighted by Gasteiger charge is -2.28. The zero-order valence-corrected chi connectivity index (χ0v) is 32.9. The van der Waals surface area contributed by atoms with E-state index in [0.29, 0.717) is 0 Å². The molecule has 1 aromatic heterocycles. The van der Waals surface area contributed by atoms with Crippen LogP contribution in [0.5, 0.6) is 0 Å². The van der Waals surface area contributed by atoms with Gasteiger partial charge in [0.25, 0.3) is 0 Å². The highest BCUT2D eigenvalue weighted by molar-refractivity contribution is 6.11. The topological polar surface area (TPSA) is 16.4 Å². The van der Waals surface area contributed by atoms with Gasteiger partial charge in [-0.1, -0.05) is 194 Å². The molecule has 11 rings (SSSR count). The van der Waals surface area contributed by atoms with Crippen molar-refractivity contribution in [2.45, 2.75) is 0 Å². The normalized spacial score (nSPS) is 11.3. The van der Waals surface area contributed by atoms with Crippen molar-refractivity contribution in [3.05, 3.63) is 237 Å². The van der Waals surface area contributed by atoms with E-state index in [1.165, 1.54) is 49.7 Å². The Bertz CT molecular complexity index is 3290. The van der Waals surface area contributed by atoms with Crippen LogP contribution < -0.4 is 4.90 Å². The Labute approximate surface area is 349 Å². The number of hydrogen-bond acceptors (Lipinski definition) is 2. The van der Waals surface area contributed by atoms with Crippen molar-refractivity contribution in [2.75, 3.05) is 4.90 Å². The van der Waals surface area contributed by atoms with Gasteiger partial charge in [0.1, 0.15) is 11.2 Å². The summed E-state index contributed by atoms with van der Waals surface area (Å²) in [7, 11) is 0. The summed E-state index contributed by atoms with van der Waals surface area (Å²) in [6.07, 6.45) is 0. The lowest BCUT2D eigenvalue weighted by Crippen LogP contribution is -2.11. The first-order chi connectivity index (χ1) is 29.7. The first-order valence-electron chi connectivity index (χ1n) is 20.5. The van der Waals surface area contributed by atoms with E-state index in [9.17, 15) is 0 Å².